The Labute approximate surface area is 225 Å². The predicted molar refractivity (Wildman–Crippen MR) is 128 cm³/mol. The molecule has 40 heavy (non-hydrogen) atoms. The zero-order chi connectivity index (χ0) is 28.7. The van der Waals surface area contributed by atoms with Crippen molar-refractivity contribution in [3.8, 4) is 0 Å². The molecule has 2 aliphatic carbocycles. The summed E-state index contributed by atoms with van der Waals surface area (Å²) in [5.74, 6) is -4.11. The van der Waals surface area contributed by atoms with Crippen LogP contribution >= 0.6 is 0 Å². The summed E-state index contributed by atoms with van der Waals surface area (Å²) in [6.45, 7) is 1.55. The zero-order valence-electron chi connectivity index (χ0n) is 21.5. The SMILES string of the molecule is Cc1nonc1C(=O)NC(c1cn2ccc(C(NC(=O)CCC(F)(F)F)C3CC3)nc2n1)C1CCC(F)(F)CC1. The fourth-order valence-electron chi connectivity index (χ4n) is 5.07. The van der Waals surface area contributed by atoms with Gasteiger partial charge in [-0.05, 0) is 55.7 Å². The van der Waals surface area contributed by atoms with E-state index >= 15 is 0 Å². The molecule has 2 atom stereocenters. The highest BCUT2D eigenvalue weighted by molar-refractivity contribution is 5.93. The topological polar surface area (TPSA) is 127 Å². The van der Waals surface area contributed by atoms with Gasteiger partial charge in [-0.25, -0.2) is 23.4 Å². The number of rotatable bonds is 9. The summed E-state index contributed by atoms with van der Waals surface area (Å²) in [5, 5.41) is 12.8. The van der Waals surface area contributed by atoms with E-state index in [0.29, 0.717) is 11.4 Å². The number of alkyl halides is 5. The van der Waals surface area contributed by atoms with Crippen molar-refractivity contribution in [2.45, 2.75) is 82.5 Å². The molecule has 15 heteroatoms. The molecule has 2 fully saturated rings. The first-order chi connectivity index (χ1) is 18.9. The first-order valence-electron chi connectivity index (χ1n) is 13.1. The van der Waals surface area contributed by atoms with E-state index in [1.54, 1.807) is 29.8 Å². The van der Waals surface area contributed by atoms with Gasteiger partial charge in [0.2, 0.25) is 17.6 Å². The maximum absolute atomic E-state index is 13.9. The number of carbonyl (C=O) groups excluding carboxylic acids is 2. The minimum atomic E-state index is -4.43. The van der Waals surface area contributed by atoms with E-state index in [9.17, 15) is 31.5 Å². The molecule has 2 N–H and O–H groups in total. The molecule has 0 spiro atoms. The van der Waals surface area contributed by atoms with Crippen molar-refractivity contribution in [1.29, 1.82) is 0 Å². The highest BCUT2D eigenvalue weighted by Crippen LogP contribution is 2.42. The van der Waals surface area contributed by atoms with Crippen LogP contribution in [0, 0.1) is 18.8 Å². The molecule has 2 saturated carbocycles. The maximum atomic E-state index is 13.9. The number of imidazole rings is 1. The van der Waals surface area contributed by atoms with Gasteiger partial charge in [0.15, 0.2) is 5.69 Å². The van der Waals surface area contributed by atoms with Gasteiger partial charge in [0, 0.05) is 31.7 Å². The third kappa shape index (κ3) is 6.55. The lowest BCUT2D eigenvalue weighted by atomic mass is 9.81. The van der Waals surface area contributed by atoms with Crippen LogP contribution in [0.25, 0.3) is 5.78 Å². The predicted octanol–water partition coefficient (Wildman–Crippen LogP) is 4.63. The standard InChI is InChI=1S/C25H28F5N7O3/c1-13-19(36-40-35-13)22(39)34-21(15-4-8-24(26,27)9-5-15)17-12-37-11-7-16(31-23(37)32-17)20(14-2-3-14)33-18(38)6-10-25(28,29)30/h7,11-12,14-15,20-21H,2-6,8-10H2,1H3,(H,33,38)(H,34,39). The van der Waals surface area contributed by atoms with E-state index in [-0.39, 0.29) is 54.7 Å². The molecule has 2 unspecified atom stereocenters. The number of hydrogen-bond acceptors (Lipinski definition) is 7. The molecule has 0 aromatic carbocycles. The van der Waals surface area contributed by atoms with Crippen molar-refractivity contribution in [2.24, 2.45) is 11.8 Å². The molecule has 2 amide bonds. The van der Waals surface area contributed by atoms with Crippen LogP contribution in [0.15, 0.2) is 23.1 Å². The average Bonchev–Trinajstić information content (AvgIpc) is 3.49. The summed E-state index contributed by atoms with van der Waals surface area (Å²) >= 11 is 0. The van der Waals surface area contributed by atoms with E-state index in [4.69, 9.17) is 0 Å². The molecule has 10 nitrogen and oxygen atoms in total. The van der Waals surface area contributed by atoms with E-state index in [1.165, 1.54) is 0 Å². The van der Waals surface area contributed by atoms with Gasteiger partial charge in [-0.3, -0.25) is 14.0 Å². The summed E-state index contributed by atoms with van der Waals surface area (Å²) in [7, 11) is 0. The normalized spacial score (nSPS) is 19.4. The van der Waals surface area contributed by atoms with Gasteiger partial charge >= 0.3 is 6.18 Å². The lowest BCUT2D eigenvalue weighted by molar-refractivity contribution is -0.144. The van der Waals surface area contributed by atoms with Crippen molar-refractivity contribution in [3.63, 3.8) is 0 Å². The second kappa shape index (κ2) is 10.7. The number of hydrogen-bond donors (Lipinski definition) is 2. The second-order valence-corrected chi connectivity index (χ2v) is 10.6. The maximum Gasteiger partial charge on any atom is 0.389 e. The van der Waals surface area contributed by atoms with Crippen LogP contribution in [0.1, 0.15) is 91.0 Å². The van der Waals surface area contributed by atoms with Gasteiger partial charge in [-0.2, -0.15) is 13.2 Å². The summed E-state index contributed by atoms with van der Waals surface area (Å²) in [6, 6.07) is 0.362. The highest BCUT2D eigenvalue weighted by Gasteiger charge is 2.40. The number of nitrogens with zero attached hydrogens (tertiary/aromatic N) is 5. The monoisotopic (exact) mass is 569 g/mol. The number of nitrogens with one attached hydrogen (secondary N) is 2. The molecule has 3 aromatic rings. The lowest BCUT2D eigenvalue weighted by Crippen LogP contribution is -2.37. The first kappa shape index (κ1) is 27.9. The Kier molecular flexibility index (Phi) is 7.48. The number of amides is 2. The minimum Gasteiger partial charge on any atom is -0.347 e. The molecular weight excluding hydrogens is 541 g/mol. The van der Waals surface area contributed by atoms with Gasteiger partial charge in [-0.15, -0.1) is 0 Å². The van der Waals surface area contributed by atoms with Gasteiger partial charge < -0.3 is 10.6 Å². The van der Waals surface area contributed by atoms with Crippen LogP contribution in [0.2, 0.25) is 0 Å². The summed E-state index contributed by atoms with van der Waals surface area (Å²) in [4.78, 5) is 34.3. The molecular formula is C25H28F5N7O3. The van der Waals surface area contributed by atoms with Gasteiger partial charge in [-0.1, -0.05) is 5.16 Å². The molecule has 0 radical (unpaired) electrons. The smallest absolute Gasteiger partial charge is 0.347 e. The van der Waals surface area contributed by atoms with Crippen LogP contribution in [-0.4, -0.2) is 48.6 Å². The number of halogens is 5. The van der Waals surface area contributed by atoms with Crippen molar-refractivity contribution in [1.82, 2.24) is 35.3 Å². The number of aromatic nitrogens is 5. The Morgan fingerprint density at radius 3 is 2.33 bits per heavy atom. The number of carbonyl (C=O) groups is 2. The molecule has 0 bridgehead atoms. The summed E-state index contributed by atoms with van der Waals surface area (Å²) in [5.41, 5.74) is 1.11. The van der Waals surface area contributed by atoms with Gasteiger partial charge in [0.05, 0.1) is 29.9 Å². The average molecular weight is 570 g/mol. The Balaban J connectivity index is 1.39. The number of fused-ring (bicyclic) bond motifs is 1. The van der Waals surface area contributed by atoms with Crippen molar-refractivity contribution < 1.29 is 36.2 Å². The Bertz CT molecular complexity index is 1370. The van der Waals surface area contributed by atoms with Crippen molar-refractivity contribution >= 4 is 17.6 Å². The van der Waals surface area contributed by atoms with E-state index in [0.717, 1.165) is 12.8 Å². The first-order valence-corrected chi connectivity index (χ1v) is 13.1. The van der Waals surface area contributed by atoms with Crippen LogP contribution in [0.4, 0.5) is 22.0 Å². The van der Waals surface area contributed by atoms with Crippen LogP contribution in [0.3, 0.4) is 0 Å². The zero-order valence-corrected chi connectivity index (χ0v) is 21.5. The molecule has 2 aliphatic rings. The minimum absolute atomic E-state index is 0.0242. The van der Waals surface area contributed by atoms with E-state index in [2.05, 4.69) is 35.5 Å². The molecule has 3 aromatic heterocycles. The van der Waals surface area contributed by atoms with Crippen LogP contribution < -0.4 is 10.6 Å². The second-order valence-electron chi connectivity index (χ2n) is 10.6. The lowest BCUT2D eigenvalue weighted by Gasteiger charge is -2.33. The van der Waals surface area contributed by atoms with E-state index < -0.39 is 48.8 Å². The van der Waals surface area contributed by atoms with Crippen molar-refractivity contribution in [3.05, 3.63) is 41.2 Å². The fourth-order valence-corrected chi connectivity index (χ4v) is 5.07. The fraction of sp³-hybridized carbons (Fsp3) is 0.600. The molecule has 3 heterocycles. The molecule has 216 valence electrons. The van der Waals surface area contributed by atoms with E-state index in [1.807, 2.05) is 0 Å². The molecule has 5 rings (SSSR count). The summed E-state index contributed by atoms with van der Waals surface area (Å²) < 4.78 is 71.7. The van der Waals surface area contributed by atoms with Crippen molar-refractivity contribution in [2.75, 3.05) is 0 Å². The molecule has 0 aliphatic heterocycles. The Hall–Kier alpha value is -3.65. The van der Waals surface area contributed by atoms with Crippen LogP contribution in [-0.2, 0) is 4.79 Å². The third-order valence-electron chi connectivity index (χ3n) is 7.44. The quantitative estimate of drug-likeness (QED) is 0.360. The van der Waals surface area contributed by atoms with Gasteiger partial charge in [0.25, 0.3) is 5.91 Å². The number of aryl methyl sites for hydroxylation is 1. The Morgan fingerprint density at radius 1 is 1.05 bits per heavy atom. The summed E-state index contributed by atoms with van der Waals surface area (Å²) in [6.07, 6.45) is -1.73. The van der Waals surface area contributed by atoms with Crippen LogP contribution in [0.5, 0.6) is 0 Å². The molecule has 0 saturated heterocycles. The largest absolute Gasteiger partial charge is 0.389 e. The Morgan fingerprint density at radius 2 is 1.70 bits per heavy atom. The van der Waals surface area contributed by atoms with Gasteiger partial charge in [0.1, 0.15) is 5.69 Å². The third-order valence-corrected chi connectivity index (χ3v) is 7.44. The highest BCUT2D eigenvalue weighted by atomic mass is 19.4.